The van der Waals surface area contributed by atoms with Gasteiger partial charge in [0.05, 0.1) is 0 Å². The molecule has 0 amide bonds. The van der Waals surface area contributed by atoms with Gasteiger partial charge in [-0.05, 0) is 44.6 Å². The second-order valence-corrected chi connectivity index (χ2v) is 5.84. The van der Waals surface area contributed by atoms with E-state index >= 15 is 0 Å². The number of aliphatic hydroxyl groups is 1. The molecule has 112 valence electrons. The number of rotatable bonds is 7. The number of nitrogens with zero attached hydrogens (tertiary/aromatic N) is 1. The van der Waals surface area contributed by atoms with E-state index in [-0.39, 0.29) is 12.0 Å². The first-order chi connectivity index (χ1) is 10.2. The van der Waals surface area contributed by atoms with Crippen molar-refractivity contribution in [3.8, 4) is 0 Å². The van der Waals surface area contributed by atoms with Crippen molar-refractivity contribution in [2.24, 2.45) is 0 Å². The Labute approximate surface area is 128 Å². The SMILES string of the molecule is CN(C)CCC(CCO)(c1ccccc1)c1ccccc1. The molecule has 2 rings (SSSR count). The Hall–Kier alpha value is -1.64. The fraction of sp³-hybridized carbons (Fsp3) is 0.368. The van der Waals surface area contributed by atoms with Crippen LogP contribution in [0.2, 0.25) is 0 Å². The van der Waals surface area contributed by atoms with Gasteiger partial charge in [0.1, 0.15) is 0 Å². The zero-order valence-corrected chi connectivity index (χ0v) is 13.0. The molecule has 1 N–H and O–H groups in total. The van der Waals surface area contributed by atoms with E-state index in [4.69, 9.17) is 0 Å². The second kappa shape index (κ2) is 7.39. The molecule has 0 aliphatic rings. The van der Waals surface area contributed by atoms with Crippen molar-refractivity contribution < 1.29 is 5.11 Å². The first-order valence-electron chi connectivity index (χ1n) is 7.56. The monoisotopic (exact) mass is 283 g/mol. The highest BCUT2D eigenvalue weighted by molar-refractivity contribution is 5.39. The molecule has 21 heavy (non-hydrogen) atoms. The van der Waals surface area contributed by atoms with Gasteiger partial charge in [0.15, 0.2) is 0 Å². The van der Waals surface area contributed by atoms with Gasteiger partial charge in [0.2, 0.25) is 0 Å². The van der Waals surface area contributed by atoms with E-state index in [2.05, 4.69) is 67.5 Å². The van der Waals surface area contributed by atoms with Crippen LogP contribution in [0, 0.1) is 0 Å². The fourth-order valence-electron chi connectivity index (χ4n) is 2.99. The van der Waals surface area contributed by atoms with Gasteiger partial charge in [0.25, 0.3) is 0 Å². The number of hydrogen-bond donors (Lipinski definition) is 1. The molecule has 0 aliphatic heterocycles. The molecular formula is C19H25NO. The van der Waals surface area contributed by atoms with Crippen LogP contribution in [0.5, 0.6) is 0 Å². The topological polar surface area (TPSA) is 23.5 Å². The van der Waals surface area contributed by atoms with Crippen LogP contribution in [0.15, 0.2) is 60.7 Å². The van der Waals surface area contributed by atoms with Gasteiger partial charge in [0, 0.05) is 12.0 Å². The highest BCUT2D eigenvalue weighted by Gasteiger charge is 2.33. The summed E-state index contributed by atoms with van der Waals surface area (Å²) in [6, 6.07) is 21.1. The van der Waals surface area contributed by atoms with Crippen molar-refractivity contribution in [2.45, 2.75) is 18.3 Å². The van der Waals surface area contributed by atoms with E-state index in [9.17, 15) is 5.11 Å². The Morgan fingerprint density at radius 2 is 1.29 bits per heavy atom. The Morgan fingerprint density at radius 3 is 1.67 bits per heavy atom. The third kappa shape index (κ3) is 3.72. The van der Waals surface area contributed by atoms with Gasteiger partial charge in [-0.25, -0.2) is 0 Å². The summed E-state index contributed by atoms with van der Waals surface area (Å²) in [6.45, 7) is 1.18. The van der Waals surface area contributed by atoms with Crippen LogP contribution in [0.25, 0.3) is 0 Å². The average Bonchev–Trinajstić information content (AvgIpc) is 2.53. The molecule has 0 fully saturated rings. The normalized spacial score (nSPS) is 11.8. The summed E-state index contributed by atoms with van der Waals surface area (Å²) in [5.74, 6) is 0. The number of aliphatic hydroxyl groups excluding tert-OH is 1. The first-order valence-corrected chi connectivity index (χ1v) is 7.56. The second-order valence-electron chi connectivity index (χ2n) is 5.84. The molecule has 2 aromatic carbocycles. The summed E-state index contributed by atoms with van der Waals surface area (Å²) in [4.78, 5) is 2.21. The van der Waals surface area contributed by atoms with Gasteiger partial charge in [-0.1, -0.05) is 60.7 Å². The van der Waals surface area contributed by atoms with Gasteiger partial charge in [-0.15, -0.1) is 0 Å². The summed E-state index contributed by atoms with van der Waals surface area (Å²) in [6.07, 6.45) is 1.74. The molecule has 0 aliphatic carbocycles. The molecular weight excluding hydrogens is 258 g/mol. The Morgan fingerprint density at radius 1 is 0.810 bits per heavy atom. The lowest BCUT2D eigenvalue weighted by atomic mass is 9.70. The average molecular weight is 283 g/mol. The minimum atomic E-state index is -0.123. The predicted molar refractivity (Wildman–Crippen MR) is 88.5 cm³/mol. The molecule has 2 heteroatoms. The summed E-state index contributed by atoms with van der Waals surface area (Å²) in [5.41, 5.74) is 2.45. The van der Waals surface area contributed by atoms with Crippen molar-refractivity contribution in [1.82, 2.24) is 4.90 Å². The van der Waals surface area contributed by atoms with Crippen molar-refractivity contribution in [3.05, 3.63) is 71.8 Å². The standard InChI is InChI=1S/C19H25NO/c1-20(2)15-13-19(14-16-21,17-9-5-3-6-10-17)18-11-7-4-8-12-18/h3-12,21H,13-16H2,1-2H3. The Kier molecular flexibility index (Phi) is 5.54. The molecule has 0 saturated carbocycles. The van der Waals surface area contributed by atoms with Crippen molar-refractivity contribution >= 4 is 0 Å². The van der Waals surface area contributed by atoms with Crippen LogP contribution in [0.1, 0.15) is 24.0 Å². The zero-order chi connectivity index (χ0) is 15.1. The Balaban J connectivity index is 2.49. The first kappa shape index (κ1) is 15.7. The van der Waals surface area contributed by atoms with Crippen LogP contribution < -0.4 is 0 Å². The zero-order valence-electron chi connectivity index (χ0n) is 13.0. The van der Waals surface area contributed by atoms with Crippen LogP contribution in [0.3, 0.4) is 0 Å². The van der Waals surface area contributed by atoms with Gasteiger partial charge in [-0.2, -0.15) is 0 Å². The maximum atomic E-state index is 9.68. The van der Waals surface area contributed by atoms with Gasteiger partial charge < -0.3 is 10.0 Å². The van der Waals surface area contributed by atoms with Crippen molar-refractivity contribution in [3.63, 3.8) is 0 Å². The maximum Gasteiger partial charge on any atom is 0.0442 e. The number of benzene rings is 2. The lowest BCUT2D eigenvalue weighted by molar-refractivity contribution is 0.236. The van der Waals surface area contributed by atoms with Crippen LogP contribution >= 0.6 is 0 Å². The molecule has 0 unspecified atom stereocenters. The van der Waals surface area contributed by atoms with E-state index in [1.54, 1.807) is 0 Å². The highest BCUT2D eigenvalue weighted by Crippen LogP contribution is 2.38. The molecule has 0 bridgehead atoms. The van der Waals surface area contributed by atoms with E-state index in [0.717, 1.165) is 19.4 Å². The summed E-state index contributed by atoms with van der Waals surface area (Å²) < 4.78 is 0. The Bertz CT molecular complexity index is 482. The molecule has 0 spiro atoms. The molecule has 0 radical (unpaired) electrons. The molecule has 0 saturated heterocycles. The van der Waals surface area contributed by atoms with Crippen molar-refractivity contribution in [1.29, 1.82) is 0 Å². The largest absolute Gasteiger partial charge is 0.396 e. The van der Waals surface area contributed by atoms with Crippen LogP contribution in [-0.2, 0) is 5.41 Å². The molecule has 2 nitrogen and oxygen atoms in total. The van der Waals surface area contributed by atoms with E-state index in [1.807, 2.05) is 12.1 Å². The third-order valence-electron chi connectivity index (χ3n) is 4.18. The smallest absolute Gasteiger partial charge is 0.0442 e. The van der Waals surface area contributed by atoms with E-state index in [1.165, 1.54) is 11.1 Å². The van der Waals surface area contributed by atoms with Crippen molar-refractivity contribution in [2.75, 3.05) is 27.2 Å². The third-order valence-corrected chi connectivity index (χ3v) is 4.18. The fourth-order valence-corrected chi connectivity index (χ4v) is 2.99. The van der Waals surface area contributed by atoms with Crippen LogP contribution in [0.4, 0.5) is 0 Å². The minimum absolute atomic E-state index is 0.123. The molecule has 0 heterocycles. The summed E-state index contributed by atoms with van der Waals surface area (Å²) in [7, 11) is 4.19. The lowest BCUT2D eigenvalue weighted by Crippen LogP contribution is -2.33. The summed E-state index contributed by atoms with van der Waals surface area (Å²) >= 11 is 0. The maximum absolute atomic E-state index is 9.68. The number of hydrogen-bond acceptors (Lipinski definition) is 2. The van der Waals surface area contributed by atoms with E-state index < -0.39 is 0 Å². The quantitative estimate of drug-likeness (QED) is 0.842. The lowest BCUT2D eigenvalue weighted by Gasteiger charge is -2.36. The van der Waals surface area contributed by atoms with Crippen LogP contribution in [-0.4, -0.2) is 37.3 Å². The predicted octanol–water partition coefficient (Wildman–Crippen LogP) is 3.31. The van der Waals surface area contributed by atoms with Gasteiger partial charge in [-0.3, -0.25) is 0 Å². The van der Waals surface area contributed by atoms with Gasteiger partial charge >= 0.3 is 0 Å². The highest BCUT2D eigenvalue weighted by atomic mass is 16.3. The summed E-state index contributed by atoms with van der Waals surface area (Å²) in [5, 5.41) is 9.68. The molecule has 0 atom stereocenters. The van der Waals surface area contributed by atoms with E-state index in [0.29, 0.717) is 0 Å². The molecule has 2 aromatic rings. The molecule has 0 aromatic heterocycles. The minimum Gasteiger partial charge on any atom is -0.396 e.